The number of ether oxygens (including phenoxy) is 1. The van der Waals surface area contributed by atoms with E-state index >= 15 is 0 Å². The van der Waals surface area contributed by atoms with Crippen molar-refractivity contribution in [2.75, 3.05) is 5.32 Å². The molecule has 2 rings (SSSR count). The lowest BCUT2D eigenvalue weighted by Crippen LogP contribution is -2.43. The van der Waals surface area contributed by atoms with Gasteiger partial charge in [-0.15, -0.1) is 0 Å². The van der Waals surface area contributed by atoms with E-state index < -0.39 is 23.1 Å². The molecule has 1 aliphatic rings. The van der Waals surface area contributed by atoms with E-state index in [9.17, 15) is 19.8 Å². The first-order chi connectivity index (χ1) is 10.2. The van der Waals surface area contributed by atoms with E-state index in [-0.39, 0.29) is 11.4 Å². The minimum absolute atomic E-state index is 0.110. The molecule has 0 aliphatic heterocycles. The third-order valence-corrected chi connectivity index (χ3v) is 3.80. The van der Waals surface area contributed by atoms with Crippen molar-refractivity contribution in [1.82, 2.24) is 0 Å². The topological polar surface area (TPSA) is 95.9 Å². The van der Waals surface area contributed by atoms with E-state index in [1.165, 1.54) is 6.07 Å². The van der Waals surface area contributed by atoms with E-state index in [0.717, 1.165) is 6.42 Å². The Kier molecular flexibility index (Phi) is 4.04. The van der Waals surface area contributed by atoms with Crippen molar-refractivity contribution in [1.29, 1.82) is 0 Å². The quantitative estimate of drug-likeness (QED) is 0.745. The summed E-state index contributed by atoms with van der Waals surface area (Å²) in [5, 5.41) is 22.1. The molecule has 0 spiro atoms. The number of hydrogen-bond acceptors (Lipinski definition) is 4. The first kappa shape index (κ1) is 16.1. The van der Waals surface area contributed by atoms with Crippen molar-refractivity contribution in [2.45, 2.75) is 51.0 Å². The number of anilines is 1. The van der Waals surface area contributed by atoms with Gasteiger partial charge in [-0.25, -0.2) is 4.79 Å². The van der Waals surface area contributed by atoms with Gasteiger partial charge in [0.15, 0.2) is 0 Å². The maximum absolute atomic E-state index is 11.9. The van der Waals surface area contributed by atoms with Crippen LogP contribution >= 0.6 is 0 Å². The third kappa shape index (κ3) is 3.00. The molecule has 1 amide bonds. The Hall–Kier alpha value is -2.24. The molecular weight excluding hydrogens is 286 g/mol. The number of carbonyl (C=O) groups excluding carboxylic acids is 1. The second kappa shape index (κ2) is 5.51. The van der Waals surface area contributed by atoms with Crippen molar-refractivity contribution < 1.29 is 24.5 Å². The van der Waals surface area contributed by atoms with Gasteiger partial charge in [0.2, 0.25) is 0 Å². The average molecular weight is 307 g/mol. The standard InChI is InChI=1S/C16H21NO5/c1-15(2,3)22-14(21)17-12-10(6-4-7-11(12)18)16(13(19)20)8-5-9-16/h4,6-7,18H,5,8-9H2,1-3H3,(H,17,21)(H,19,20). The summed E-state index contributed by atoms with van der Waals surface area (Å²) in [6.45, 7) is 5.18. The highest BCUT2D eigenvalue weighted by molar-refractivity contribution is 5.92. The summed E-state index contributed by atoms with van der Waals surface area (Å²) in [4.78, 5) is 23.6. The minimum atomic E-state index is -1.05. The predicted molar refractivity (Wildman–Crippen MR) is 81.1 cm³/mol. The van der Waals surface area contributed by atoms with E-state index in [2.05, 4.69) is 5.32 Å². The number of aromatic hydroxyl groups is 1. The Balaban J connectivity index is 2.36. The van der Waals surface area contributed by atoms with Crippen molar-refractivity contribution in [3.05, 3.63) is 23.8 Å². The van der Waals surface area contributed by atoms with E-state index in [0.29, 0.717) is 18.4 Å². The normalized spacial score (nSPS) is 16.5. The van der Waals surface area contributed by atoms with Crippen LogP contribution in [0.15, 0.2) is 18.2 Å². The Morgan fingerprint density at radius 1 is 1.27 bits per heavy atom. The summed E-state index contributed by atoms with van der Waals surface area (Å²) in [6.07, 6.45) is 1.03. The van der Waals surface area contributed by atoms with Crippen molar-refractivity contribution >= 4 is 17.7 Å². The summed E-state index contributed by atoms with van der Waals surface area (Å²) >= 11 is 0. The van der Waals surface area contributed by atoms with Crippen LogP contribution in [0.4, 0.5) is 10.5 Å². The predicted octanol–water partition coefficient (Wildman–Crippen LogP) is 3.25. The second-order valence-corrected chi connectivity index (χ2v) is 6.57. The van der Waals surface area contributed by atoms with Gasteiger partial charge in [-0.1, -0.05) is 18.6 Å². The second-order valence-electron chi connectivity index (χ2n) is 6.57. The average Bonchev–Trinajstić information content (AvgIpc) is 2.28. The first-order valence-electron chi connectivity index (χ1n) is 7.21. The highest BCUT2D eigenvalue weighted by atomic mass is 16.6. The fourth-order valence-electron chi connectivity index (χ4n) is 2.60. The number of carboxylic acid groups (broad SMARTS) is 1. The van der Waals surface area contributed by atoms with Crippen molar-refractivity contribution in [2.24, 2.45) is 0 Å². The Labute approximate surface area is 129 Å². The number of hydrogen-bond donors (Lipinski definition) is 3. The van der Waals surface area contributed by atoms with Gasteiger partial charge in [-0.2, -0.15) is 0 Å². The van der Waals surface area contributed by atoms with E-state index in [4.69, 9.17) is 4.74 Å². The first-order valence-corrected chi connectivity index (χ1v) is 7.21. The van der Waals surface area contributed by atoms with Gasteiger partial charge in [0.25, 0.3) is 0 Å². The number of carbonyl (C=O) groups is 2. The smallest absolute Gasteiger partial charge is 0.412 e. The SMILES string of the molecule is CC(C)(C)OC(=O)Nc1c(O)cccc1C1(C(=O)O)CCC1. The van der Waals surface area contributed by atoms with Crippen LogP contribution in [-0.2, 0) is 14.9 Å². The molecule has 1 saturated carbocycles. The van der Waals surface area contributed by atoms with Gasteiger partial charge in [0.1, 0.15) is 11.4 Å². The molecule has 1 aromatic rings. The molecule has 3 N–H and O–H groups in total. The van der Waals surface area contributed by atoms with E-state index in [1.807, 2.05) is 0 Å². The van der Waals surface area contributed by atoms with Crippen LogP contribution in [0.2, 0.25) is 0 Å². The Morgan fingerprint density at radius 2 is 1.91 bits per heavy atom. The van der Waals surface area contributed by atoms with Crippen LogP contribution < -0.4 is 5.32 Å². The summed E-state index contributed by atoms with van der Waals surface area (Å²) in [5.41, 5.74) is -1.21. The van der Waals surface area contributed by atoms with Crippen molar-refractivity contribution in [3.63, 3.8) is 0 Å². The molecular formula is C16H21NO5. The summed E-state index contributed by atoms with van der Waals surface area (Å²) in [7, 11) is 0. The zero-order valence-electron chi connectivity index (χ0n) is 13.0. The molecule has 120 valence electrons. The highest BCUT2D eigenvalue weighted by Crippen LogP contribution is 2.48. The van der Waals surface area contributed by atoms with Crippen LogP contribution in [-0.4, -0.2) is 27.9 Å². The number of rotatable bonds is 3. The molecule has 6 heteroatoms. The Bertz CT molecular complexity index is 599. The maximum Gasteiger partial charge on any atom is 0.412 e. The number of nitrogens with one attached hydrogen (secondary N) is 1. The summed E-state index contributed by atoms with van der Waals surface area (Å²) in [6, 6.07) is 4.61. The highest BCUT2D eigenvalue weighted by Gasteiger charge is 2.47. The number of phenols is 1. The number of aliphatic carboxylic acids is 1. The number of benzene rings is 1. The maximum atomic E-state index is 11.9. The molecule has 0 atom stereocenters. The molecule has 0 saturated heterocycles. The molecule has 0 heterocycles. The molecule has 1 aromatic carbocycles. The van der Waals surface area contributed by atoms with Gasteiger partial charge in [0.05, 0.1) is 11.1 Å². The molecule has 0 unspecified atom stereocenters. The van der Waals surface area contributed by atoms with Crippen molar-refractivity contribution in [3.8, 4) is 5.75 Å². The lowest BCUT2D eigenvalue weighted by atomic mass is 9.64. The van der Waals surface area contributed by atoms with Gasteiger partial charge < -0.3 is 14.9 Å². The Morgan fingerprint density at radius 3 is 2.36 bits per heavy atom. The number of amides is 1. The van der Waals surface area contributed by atoms with Crippen LogP contribution in [0.1, 0.15) is 45.6 Å². The third-order valence-electron chi connectivity index (χ3n) is 3.80. The molecule has 0 bridgehead atoms. The number of para-hydroxylation sites is 1. The van der Waals surface area contributed by atoms with Gasteiger partial charge in [0, 0.05) is 0 Å². The van der Waals surface area contributed by atoms with Crippen LogP contribution in [0.3, 0.4) is 0 Å². The molecule has 0 radical (unpaired) electrons. The molecule has 0 aromatic heterocycles. The summed E-state index contributed by atoms with van der Waals surface area (Å²) in [5.74, 6) is -1.12. The van der Waals surface area contributed by atoms with Crippen LogP contribution in [0, 0.1) is 0 Å². The fourth-order valence-corrected chi connectivity index (χ4v) is 2.60. The lowest BCUT2D eigenvalue weighted by Gasteiger charge is -2.39. The zero-order chi connectivity index (χ0) is 16.5. The number of phenolic OH excluding ortho intramolecular Hbond substituents is 1. The number of carboxylic acids is 1. The lowest BCUT2D eigenvalue weighted by molar-refractivity contribution is -0.147. The molecule has 1 fully saturated rings. The fraction of sp³-hybridized carbons (Fsp3) is 0.500. The van der Waals surface area contributed by atoms with Crippen LogP contribution in [0.5, 0.6) is 5.75 Å². The zero-order valence-corrected chi connectivity index (χ0v) is 13.0. The molecule has 6 nitrogen and oxygen atoms in total. The summed E-state index contributed by atoms with van der Waals surface area (Å²) < 4.78 is 5.17. The van der Waals surface area contributed by atoms with Gasteiger partial charge in [-0.05, 0) is 45.2 Å². The minimum Gasteiger partial charge on any atom is -0.506 e. The van der Waals surface area contributed by atoms with E-state index in [1.54, 1.807) is 32.9 Å². The monoisotopic (exact) mass is 307 g/mol. The molecule has 22 heavy (non-hydrogen) atoms. The largest absolute Gasteiger partial charge is 0.506 e. The van der Waals surface area contributed by atoms with Gasteiger partial charge in [-0.3, -0.25) is 10.1 Å². The molecule has 1 aliphatic carbocycles. The van der Waals surface area contributed by atoms with Gasteiger partial charge >= 0.3 is 12.1 Å². The van der Waals surface area contributed by atoms with Crippen LogP contribution in [0.25, 0.3) is 0 Å².